The fourth-order valence-corrected chi connectivity index (χ4v) is 3.41. The normalized spacial score (nSPS) is 20.3. The van der Waals surface area contributed by atoms with Crippen LogP contribution in [-0.2, 0) is 11.2 Å². The molecule has 3 rings (SSSR count). The molecule has 1 heterocycles. The molecule has 1 saturated heterocycles. The molecule has 6 heteroatoms. The predicted molar refractivity (Wildman–Crippen MR) is 113 cm³/mol. The van der Waals surface area contributed by atoms with Crippen LogP contribution in [-0.4, -0.2) is 55.1 Å². The standard InChI is InChI=1S/C22H34N4O2/c1-21(2)15-26(22(21,3)4)20(23-5)24-13-12-16-6-10-18(11-7-16)28-14-19(27)25-17-8-9-17/h6-7,10-11,17H,8-9,12-15H2,1-5H3,(H,23,24)(H,25,27). The van der Waals surface area contributed by atoms with Gasteiger partial charge in [-0.2, -0.15) is 0 Å². The van der Waals surface area contributed by atoms with Gasteiger partial charge in [-0.3, -0.25) is 9.79 Å². The molecule has 2 fully saturated rings. The van der Waals surface area contributed by atoms with Gasteiger partial charge < -0.3 is 20.3 Å². The Bertz CT molecular complexity index is 721. The molecule has 1 aliphatic heterocycles. The van der Waals surface area contributed by atoms with E-state index in [4.69, 9.17) is 4.74 Å². The van der Waals surface area contributed by atoms with Gasteiger partial charge in [-0.1, -0.05) is 26.0 Å². The number of ether oxygens (including phenoxy) is 1. The number of carbonyl (C=O) groups excluding carboxylic acids is 1. The van der Waals surface area contributed by atoms with Gasteiger partial charge in [0.05, 0.1) is 0 Å². The topological polar surface area (TPSA) is 66.0 Å². The highest BCUT2D eigenvalue weighted by molar-refractivity contribution is 5.82. The Balaban J connectivity index is 1.41. The van der Waals surface area contributed by atoms with Gasteiger partial charge in [-0.05, 0) is 50.8 Å². The summed E-state index contributed by atoms with van der Waals surface area (Å²) in [5.74, 6) is 1.65. The van der Waals surface area contributed by atoms with Gasteiger partial charge in [0, 0.05) is 37.1 Å². The van der Waals surface area contributed by atoms with Gasteiger partial charge in [0.15, 0.2) is 12.6 Å². The van der Waals surface area contributed by atoms with Crippen LogP contribution in [0.5, 0.6) is 5.75 Å². The van der Waals surface area contributed by atoms with E-state index >= 15 is 0 Å². The van der Waals surface area contributed by atoms with Crippen molar-refractivity contribution in [3.63, 3.8) is 0 Å². The molecule has 1 aromatic rings. The Morgan fingerprint density at radius 3 is 2.43 bits per heavy atom. The van der Waals surface area contributed by atoms with E-state index in [1.807, 2.05) is 19.2 Å². The molecule has 28 heavy (non-hydrogen) atoms. The molecule has 1 amide bonds. The summed E-state index contributed by atoms with van der Waals surface area (Å²) in [4.78, 5) is 18.5. The summed E-state index contributed by atoms with van der Waals surface area (Å²) in [5, 5.41) is 6.41. The first-order chi connectivity index (χ1) is 13.2. The van der Waals surface area contributed by atoms with Gasteiger partial charge in [0.2, 0.25) is 0 Å². The zero-order chi connectivity index (χ0) is 20.4. The van der Waals surface area contributed by atoms with Crippen molar-refractivity contribution in [3.8, 4) is 5.75 Å². The Morgan fingerprint density at radius 2 is 1.89 bits per heavy atom. The number of guanidine groups is 1. The van der Waals surface area contributed by atoms with Crippen LogP contribution in [0.25, 0.3) is 0 Å². The number of carbonyl (C=O) groups is 1. The highest BCUT2D eigenvalue weighted by atomic mass is 16.5. The quantitative estimate of drug-likeness (QED) is 0.558. The fraction of sp³-hybridized carbons (Fsp3) is 0.636. The van der Waals surface area contributed by atoms with Crippen molar-refractivity contribution in [3.05, 3.63) is 29.8 Å². The SMILES string of the molecule is CN=C(NCCc1ccc(OCC(=O)NC2CC2)cc1)N1CC(C)(C)C1(C)C. The van der Waals surface area contributed by atoms with E-state index in [0.29, 0.717) is 6.04 Å². The summed E-state index contributed by atoms with van der Waals surface area (Å²) in [6.07, 6.45) is 3.08. The molecule has 1 aliphatic carbocycles. The molecule has 0 aromatic heterocycles. The average Bonchev–Trinajstić information content (AvgIpc) is 3.47. The lowest BCUT2D eigenvalue weighted by Crippen LogP contribution is -2.72. The monoisotopic (exact) mass is 386 g/mol. The second-order valence-electron chi connectivity index (χ2n) is 9.03. The Kier molecular flexibility index (Phi) is 5.87. The van der Waals surface area contributed by atoms with E-state index in [0.717, 1.165) is 44.1 Å². The maximum atomic E-state index is 11.7. The highest BCUT2D eigenvalue weighted by Crippen LogP contribution is 2.46. The molecule has 154 valence electrons. The zero-order valence-electron chi connectivity index (χ0n) is 17.8. The Morgan fingerprint density at radius 1 is 1.21 bits per heavy atom. The van der Waals surface area contributed by atoms with Crippen molar-refractivity contribution in [1.29, 1.82) is 0 Å². The average molecular weight is 387 g/mol. The first-order valence-electron chi connectivity index (χ1n) is 10.2. The van der Waals surface area contributed by atoms with E-state index < -0.39 is 0 Å². The second-order valence-corrected chi connectivity index (χ2v) is 9.03. The number of aliphatic imine (C=N–C) groups is 1. The molecule has 0 unspecified atom stereocenters. The molecule has 0 bridgehead atoms. The van der Waals surface area contributed by atoms with Crippen LogP contribution < -0.4 is 15.4 Å². The van der Waals surface area contributed by atoms with Crippen molar-refractivity contribution in [2.45, 2.75) is 58.5 Å². The molecule has 2 aliphatic rings. The summed E-state index contributed by atoms with van der Waals surface area (Å²) in [6.45, 7) is 11.1. The minimum atomic E-state index is -0.0424. The van der Waals surface area contributed by atoms with Crippen molar-refractivity contribution >= 4 is 11.9 Å². The number of benzene rings is 1. The number of likely N-dealkylation sites (tertiary alicyclic amines) is 1. The smallest absolute Gasteiger partial charge is 0.258 e. The molecular weight excluding hydrogens is 352 g/mol. The minimum Gasteiger partial charge on any atom is -0.484 e. The molecule has 1 saturated carbocycles. The van der Waals surface area contributed by atoms with Crippen LogP contribution in [0, 0.1) is 5.41 Å². The summed E-state index contributed by atoms with van der Waals surface area (Å²) in [7, 11) is 1.84. The number of hydrogen-bond donors (Lipinski definition) is 2. The number of nitrogens with zero attached hydrogens (tertiary/aromatic N) is 2. The van der Waals surface area contributed by atoms with Crippen LogP contribution in [0.4, 0.5) is 0 Å². The first kappa shape index (κ1) is 20.5. The summed E-state index contributed by atoms with van der Waals surface area (Å²) in [6, 6.07) is 8.32. The lowest BCUT2D eigenvalue weighted by Gasteiger charge is -2.62. The third-order valence-corrected chi connectivity index (χ3v) is 6.28. The number of rotatable bonds is 7. The molecule has 1 aromatic carbocycles. The van der Waals surface area contributed by atoms with E-state index in [2.05, 4.69) is 60.4 Å². The van der Waals surface area contributed by atoms with Crippen LogP contribution in [0.15, 0.2) is 29.3 Å². The summed E-state index contributed by atoms with van der Waals surface area (Å²) >= 11 is 0. The van der Waals surface area contributed by atoms with Crippen molar-refractivity contribution in [1.82, 2.24) is 15.5 Å². The van der Waals surface area contributed by atoms with Gasteiger partial charge in [0.1, 0.15) is 5.75 Å². The van der Waals surface area contributed by atoms with Gasteiger partial charge in [-0.15, -0.1) is 0 Å². The van der Waals surface area contributed by atoms with E-state index in [9.17, 15) is 4.79 Å². The van der Waals surface area contributed by atoms with Gasteiger partial charge >= 0.3 is 0 Å². The van der Waals surface area contributed by atoms with Crippen LogP contribution in [0.2, 0.25) is 0 Å². The number of nitrogens with one attached hydrogen (secondary N) is 2. The maximum absolute atomic E-state index is 11.7. The fourth-order valence-electron chi connectivity index (χ4n) is 3.41. The van der Waals surface area contributed by atoms with Crippen LogP contribution in [0.3, 0.4) is 0 Å². The number of amides is 1. The van der Waals surface area contributed by atoms with Gasteiger partial charge in [0.25, 0.3) is 5.91 Å². The van der Waals surface area contributed by atoms with Crippen molar-refractivity contribution in [2.24, 2.45) is 10.4 Å². The van der Waals surface area contributed by atoms with E-state index in [1.54, 1.807) is 0 Å². The van der Waals surface area contributed by atoms with Gasteiger partial charge in [-0.25, -0.2) is 0 Å². The highest BCUT2D eigenvalue weighted by Gasteiger charge is 2.53. The third-order valence-electron chi connectivity index (χ3n) is 6.28. The van der Waals surface area contributed by atoms with Crippen molar-refractivity contribution < 1.29 is 9.53 Å². The molecular formula is C22H34N4O2. The molecule has 2 N–H and O–H groups in total. The Hall–Kier alpha value is -2.24. The third kappa shape index (κ3) is 4.59. The second kappa shape index (κ2) is 8.02. The Labute approximate surface area is 168 Å². The summed E-state index contributed by atoms with van der Waals surface area (Å²) in [5.41, 5.74) is 1.61. The van der Waals surface area contributed by atoms with Crippen LogP contribution in [0.1, 0.15) is 46.1 Å². The minimum absolute atomic E-state index is 0.0424. The van der Waals surface area contributed by atoms with E-state index in [1.165, 1.54) is 5.56 Å². The molecule has 0 spiro atoms. The maximum Gasteiger partial charge on any atom is 0.258 e. The van der Waals surface area contributed by atoms with Crippen LogP contribution >= 0.6 is 0 Å². The number of hydrogen-bond acceptors (Lipinski definition) is 3. The molecule has 6 nitrogen and oxygen atoms in total. The van der Waals surface area contributed by atoms with Crippen molar-refractivity contribution in [2.75, 3.05) is 26.7 Å². The molecule has 0 radical (unpaired) electrons. The molecule has 0 atom stereocenters. The zero-order valence-corrected chi connectivity index (χ0v) is 17.8. The predicted octanol–water partition coefficient (Wildman–Crippen LogP) is 2.58. The lowest BCUT2D eigenvalue weighted by atomic mass is 9.65. The largest absolute Gasteiger partial charge is 0.484 e. The lowest BCUT2D eigenvalue weighted by molar-refractivity contribution is -0.123. The summed E-state index contributed by atoms with van der Waals surface area (Å²) < 4.78 is 5.55. The first-order valence-corrected chi connectivity index (χ1v) is 10.2. The van der Waals surface area contributed by atoms with E-state index in [-0.39, 0.29) is 23.5 Å².